The fourth-order valence-corrected chi connectivity index (χ4v) is 2.01. The largest absolute Gasteiger partial charge is 0.392 e. The second-order valence-electron chi connectivity index (χ2n) is 5.07. The molecule has 0 aromatic rings. The molecule has 15 heavy (non-hydrogen) atoms. The Hall–Kier alpha value is -0.610. The number of piperidine rings is 1. The summed E-state index contributed by atoms with van der Waals surface area (Å²) in [5.74, 6) is 0.000556. The SMILES string of the molecule is CC(O)CNC(=O)C1NCCCC1(C)C. The molecule has 1 aliphatic rings. The van der Waals surface area contributed by atoms with Crippen molar-refractivity contribution >= 4 is 5.91 Å². The van der Waals surface area contributed by atoms with Crippen LogP contribution >= 0.6 is 0 Å². The van der Waals surface area contributed by atoms with Gasteiger partial charge in [-0.15, -0.1) is 0 Å². The Balaban J connectivity index is 2.49. The highest BCUT2D eigenvalue weighted by Crippen LogP contribution is 2.29. The van der Waals surface area contributed by atoms with Crippen LogP contribution in [0.2, 0.25) is 0 Å². The molecule has 0 aromatic carbocycles. The van der Waals surface area contributed by atoms with Crippen molar-refractivity contribution in [1.29, 1.82) is 0 Å². The maximum absolute atomic E-state index is 11.8. The molecule has 1 amide bonds. The van der Waals surface area contributed by atoms with E-state index in [-0.39, 0.29) is 17.4 Å². The predicted octanol–water partition coefficient (Wildman–Crippen LogP) is 0.262. The van der Waals surface area contributed by atoms with Gasteiger partial charge in [0.1, 0.15) is 0 Å². The van der Waals surface area contributed by atoms with Crippen molar-refractivity contribution in [3.8, 4) is 0 Å². The number of aliphatic hydroxyl groups is 1. The van der Waals surface area contributed by atoms with Gasteiger partial charge in [-0.05, 0) is 31.7 Å². The molecule has 0 saturated carbocycles. The number of nitrogens with one attached hydrogen (secondary N) is 2. The molecule has 2 atom stereocenters. The topological polar surface area (TPSA) is 61.4 Å². The monoisotopic (exact) mass is 214 g/mol. The third-order valence-electron chi connectivity index (χ3n) is 2.96. The second kappa shape index (κ2) is 4.94. The van der Waals surface area contributed by atoms with Crippen LogP contribution in [0.1, 0.15) is 33.6 Å². The average molecular weight is 214 g/mol. The molecule has 0 bridgehead atoms. The number of carbonyl (C=O) groups excluding carboxylic acids is 1. The van der Waals surface area contributed by atoms with E-state index in [4.69, 9.17) is 5.11 Å². The van der Waals surface area contributed by atoms with Crippen LogP contribution in [0.25, 0.3) is 0 Å². The molecule has 0 aromatic heterocycles. The van der Waals surface area contributed by atoms with Gasteiger partial charge < -0.3 is 15.7 Å². The van der Waals surface area contributed by atoms with E-state index in [9.17, 15) is 4.79 Å². The van der Waals surface area contributed by atoms with E-state index < -0.39 is 6.10 Å². The Morgan fingerprint density at radius 1 is 1.67 bits per heavy atom. The van der Waals surface area contributed by atoms with E-state index in [1.807, 2.05) is 0 Å². The summed E-state index contributed by atoms with van der Waals surface area (Å²) >= 11 is 0. The number of hydrogen-bond donors (Lipinski definition) is 3. The number of amides is 1. The lowest BCUT2D eigenvalue weighted by Crippen LogP contribution is -2.56. The summed E-state index contributed by atoms with van der Waals surface area (Å²) in [6.07, 6.45) is 1.69. The Labute approximate surface area is 91.4 Å². The molecule has 88 valence electrons. The van der Waals surface area contributed by atoms with Gasteiger partial charge in [0, 0.05) is 6.54 Å². The van der Waals surface area contributed by atoms with Gasteiger partial charge in [0.15, 0.2) is 0 Å². The Morgan fingerprint density at radius 3 is 2.87 bits per heavy atom. The Morgan fingerprint density at radius 2 is 2.33 bits per heavy atom. The standard InChI is InChI=1S/C11H22N2O2/c1-8(14)7-13-10(15)9-11(2,3)5-4-6-12-9/h8-9,12,14H,4-7H2,1-3H3,(H,13,15). The van der Waals surface area contributed by atoms with Gasteiger partial charge >= 0.3 is 0 Å². The van der Waals surface area contributed by atoms with Crippen LogP contribution < -0.4 is 10.6 Å². The zero-order valence-corrected chi connectivity index (χ0v) is 9.84. The quantitative estimate of drug-likeness (QED) is 0.631. The van der Waals surface area contributed by atoms with Crippen molar-refractivity contribution in [3.05, 3.63) is 0 Å². The van der Waals surface area contributed by atoms with Crippen molar-refractivity contribution in [2.45, 2.75) is 45.8 Å². The summed E-state index contributed by atoms with van der Waals surface area (Å²) in [5.41, 5.74) is 0.00102. The van der Waals surface area contributed by atoms with Gasteiger partial charge in [-0.3, -0.25) is 4.79 Å². The van der Waals surface area contributed by atoms with Gasteiger partial charge in [-0.1, -0.05) is 13.8 Å². The van der Waals surface area contributed by atoms with Crippen molar-refractivity contribution in [1.82, 2.24) is 10.6 Å². The first-order valence-electron chi connectivity index (χ1n) is 5.62. The summed E-state index contributed by atoms with van der Waals surface area (Å²) in [6.45, 7) is 7.10. The number of hydrogen-bond acceptors (Lipinski definition) is 3. The Bertz CT molecular complexity index is 227. The van der Waals surface area contributed by atoms with Gasteiger partial charge in [0.2, 0.25) is 5.91 Å². The first-order chi connectivity index (χ1) is 6.93. The summed E-state index contributed by atoms with van der Waals surface area (Å²) in [6, 6.07) is -0.134. The van der Waals surface area contributed by atoms with E-state index >= 15 is 0 Å². The summed E-state index contributed by atoms with van der Waals surface area (Å²) in [4.78, 5) is 11.8. The molecule has 0 aliphatic carbocycles. The zero-order chi connectivity index (χ0) is 11.5. The maximum atomic E-state index is 11.8. The summed E-state index contributed by atoms with van der Waals surface area (Å²) in [7, 11) is 0. The normalized spacial score (nSPS) is 27.1. The van der Waals surface area contributed by atoms with Gasteiger partial charge in [-0.25, -0.2) is 0 Å². The molecule has 1 fully saturated rings. The van der Waals surface area contributed by atoms with E-state index in [2.05, 4.69) is 24.5 Å². The molecule has 1 aliphatic heterocycles. The number of carbonyl (C=O) groups is 1. The molecule has 1 rings (SSSR count). The summed E-state index contributed by atoms with van der Waals surface area (Å²) in [5, 5.41) is 15.1. The fourth-order valence-electron chi connectivity index (χ4n) is 2.01. The molecule has 1 heterocycles. The minimum atomic E-state index is -0.486. The lowest BCUT2D eigenvalue weighted by molar-refractivity contribution is -0.127. The lowest BCUT2D eigenvalue weighted by Gasteiger charge is -2.38. The highest BCUT2D eigenvalue weighted by molar-refractivity contribution is 5.82. The summed E-state index contributed by atoms with van der Waals surface area (Å²) < 4.78 is 0. The molecule has 4 heteroatoms. The van der Waals surface area contributed by atoms with Gasteiger partial charge in [-0.2, -0.15) is 0 Å². The van der Waals surface area contributed by atoms with Crippen molar-refractivity contribution < 1.29 is 9.90 Å². The molecule has 0 spiro atoms. The van der Waals surface area contributed by atoms with Crippen molar-refractivity contribution in [2.75, 3.05) is 13.1 Å². The number of rotatable bonds is 3. The van der Waals surface area contributed by atoms with E-state index in [0.717, 1.165) is 19.4 Å². The first-order valence-corrected chi connectivity index (χ1v) is 5.62. The van der Waals surface area contributed by atoms with Crippen LogP contribution in [0.5, 0.6) is 0 Å². The van der Waals surface area contributed by atoms with Crippen LogP contribution in [-0.2, 0) is 4.79 Å². The second-order valence-corrected chi connectivity index (χ2v) is 5.07. The first kappa shape index (κ1) is 12.5. The van der Waals surface area contributed by atoms with Gasteiger partial charge in [0.05, 0.1) is 12.1 Å². The molecule has 2 unspecified atom stereocenters. The van der Waals surface area contributed by atoms with Crippen LogP contribution in [0.15, 0.2) is 0 Å². The van der Waals surface area contributed by atoms with Crippen LogP contribution in [0.4, 0.5) is 0 Å². The fraction of sp³-hybridized carbons (Fsp3) is 0.909. The lowest BCUT2D eigenvalue weighted by atomic mass is 9.77. The third kappa shape index (κ3) is 3.47. The van der Waals surface area contributed by atoms with E-state index in [0.29, 0.717) is 6.54 Å². The highest BCUT2D eigenvalue weighted by Gasteiger charge is 2.36. The molecular weight excluding hydrogens is 192 g/mol. The Kier molecular flexibility index (Phi) is 4.11. The average Bonchev–Trinajstić information content (AvgIpc) is 2.13. The van der Waals surface area contributed by atoms with Gasteiger partial charge in [0.25, 0.3) is 0 Å². The smallest absolute Gasteiger partial charge is 0.237 e. The molecule has 3 N–H and O–H groups in total. The van der Waals surface area contributed by atoms with E-state index in [1.165, 1.54) is 0 Å². The predicted molar refractivity (Wildman–Crippen MR) is 59.5 cm³/mol. The molecule has 1 saturated heterocycles. The minimum Gasteiger partial charge on any atom is -0.392 e. The third-order valence-corrected chi connectivity index (χ3v) is 2.96. The van der Waals surface area contributed by atoms with Crippen LogP contribution in [-0.4, -0.2) is 36.2 Å². The highest BCUT2D eigenvalue weighted by atomic mass is 16.3. The molecular formula is C11H22N2O2. The van der Waals surface area contributed by atoms with Crippen LogP contribution in [0.3, 0.4) is 0 Å². The molecule has 0 radical (unpaired) electrons. The zero-order valence-electron chi connectivity index (χ0n) is 9.84. The van der Waals surface area contributed by atoms with Crippen molar-refractivity contribution in [2.24, 2.45) is 5.41 Å². The molecule has 4 nitrogen and oxygen atoms in total. The minimum absolute atomic E-state index is 0.000556. The van der Waals surface area contributed by atoms with Crippen molar-refractivity contribution in [3.63, 3.8) is 0 Å². The van der Waals surface area contributed by atoms with E-state index in [1.54, 1.807) is 6.92 Å². The number of aliphatic hydroxyl groups excluding tert-OH is 1. The maximum Gasteiger partial charge on any atom is 0.237 e. The van der Waals surface area contributed by atoms with Crippen LogP contribution in [0, 0.1) is 5.41 Å².